The van der Waals surface area contributed by atoms with Crippen LogP contribution in [0, 0.1) is 6.92 Å². The van der Waals surface area contributed by atoms with Gasteiger partial charge in [0.25, 0.3) is 12.0 Å². The molecule has 6 nitrogen and oxygen atoms in total. The van der Waals surface area contributed by atoms with Gasteiger partial charge in [-0.15, -0.1) is 0 Å². The van der Waals surface area contributed by atoms with E-state index in [9.17, 15) is 13.6 Å². The van der Waals surface area contributed by atoms with E-state index in [1.165, 1.54) is 6.20 Å². The summed E-state index contributed by atoms with van der Waals surface area (Å²) in [5.41, 5.74) is 12.1. The smallest absolute Gasteiger partial charge is 0.264 e. The van der Waals surface area contributed by atoms with Crippen LogP contribution in [0.3, 0.4) is 0 Å². The maximum absolute atomic E-state index is 14.5. The highest BCUT2D eigenvalue weighted by Gasteiger charge is 2.27. The molecule has 1 fully saturated rings. The van der Waals surface area contributed by atoms with E-state index in [-0.39, 0.29) is 17.5 Å². The fourth-order valence-electron chi connectivity index (χ4n) is 5.84. The third-order valence-electron chi connectivity index (χ3n) is 7.85. The number of allylic oxidation sites excluding steroid dienone is 1. The average molecular weight is 695 g/mol. The molecular formula is C31H38F2IN4O2P. The van der Waals surface area contributed by atoms with Crippen LogP contribution >= 0.6 is 28.4 Å². The number of aryl methyl sites for hydroxylation is 3. The molecule has 1 unspecified atom stereocenters. The first kappa shape index (κ1) is 31.6. The Labute approximate surface area is 255 Å². The molecule has 3 heterocycles. The van der Waals surface area contributed by atoms with Crippen LogP contribution in [0.5, 0.6) is 0 Å². The number of nitrogens with zero attached hydrogens (tertiary/aromatic N) is 3. The van der Waals surface area contributed by atoms with E-state index in [1.807, 2.05) is 32.9 Å². The molecule has 0 spiro atoms. The SMILES string of the molecule is CC.Cc1cc2c(N3CCCc4cc(C(=C/N)/C=N/PI)c(C(F)F)cc43)cc(C3CCOCC3)cc2n(C)c1=O. The maximum atomic E-state index is 14.5. The van der Waals surface area contributed by atoms with Crippen LogP contribution in [-0.2, 0) is 18.2 Å². The number of alkyl halides is 2. The molecule has 41 heavy (non-hydrogen) atoms. The van der Waals surface area contributed by atoms with Crippen molar-refractivity contribution in [2.75, 3.05) is 24.7 Å². The van der Waals surface area contributed by atoms with Gasteiger partial charge in [0.05, 0.1) is 17.6 Å². The average Bonchev–Trinajstić information content (AvgIpc) is 3.00. The Bertz CT molecular complexity index is 1520. The molecule has 2 aromatic carbocycles. The Balaban J connectivity index is 0.00000189. The van der Waals surface area contributed by atoms with E-state index in [1.54, 1.807) is 23.9 Å². The Morgan fingerprint density at radius 2 is 1.90 bits per heavy atom. The second kappa shape index (κ2) is 14.2. The first-order valence-electron chi connectivity index (χ1n) is 14.1. The number of rotatable bonds is 6. The number of hydrogen-bond acceptors (Lipinski definition) is 5. The van der Waals surface area contributed by atoms with Crippen molar-refractivity contribution in [3.8, 4) is 0 Å². The molecule has 2 aliphatic rings. The highest BCUT2D eigenvalue weighted by atomic mass is 127. The van der Waals surface area contributed by atoms with Gasteiger partial charge in [0.15, 0.2) is 0 Å². The molecule has 1 aromatic heterocycles. The summed E-state index contributed by atoms with van der Waals surface area (Å²) in [7, 11) is 1.80. The molecule has 220 valence electrons. The number of aromatic nitrogens is 1. The number of ether oxygens (including phenoxy) is 1. The van der Waals surface area contributed by atoms with Crippen molar-refractivity contribution in [3.63, 3.8) is 0 Å². The van der Waals surface area contributed by atoms with Crippen molar-refractivity contribution in [1.29, 1.82) is 0 Å². The molecule has 0 bridgehead atoms. The van der Waals surface area contributed by atoms with Gasteiger partial charge in [-0.3, -0.25) is 9.56 Å². The third kappa shape index (κ3) is 6.52. The highest BCUT2D eigenvalue weighted by molar-refractivity contribution is 14.2. The van der Waals surface area contributed by atoms with Crippen molar-refractivity contribution in [1.82, 2.24) is 4.57 Å². The lowest BCUT2D eigenvalue weighted by atomic mass is 9.88. The Morgan fingerprint density at radius 1 is 1.17 bits per heavy atom. The minimum Gasteiger partial charge on any atom is -0.404 e. The van der Waals surface area contributed by atoms with Gasteiger partial charge in [-0.2, -0.15) is 0 Å². The molecule has 10 heteroatoms. The highest BCUT2D eigenvalue weighted by Crippen LogP contribution is 2.43. The minimum absolute atomic E-state index is 0.0314. The topological polar surface area (TPSA) is 72.8 Å². The molecular weight excluding hydrogens is 656 g/mol. The van der Waals surface area contributed by atoms with Crippen LogP contribution < -0.4 is 16.2 Å². The lowest BCUT2D eigenvalue weighted by Gasteiger charge is -2.34. The van der Waals surface area contributed by atoms with E-state index >= 15 is 0 Å². The molecule has 2 aliphatic heterocycles. The van der Waals surface area contributed by atoms with Crippen molar-refractivity contribution >= 4 is 62.5 Å². The first-order valence-corrected chi connectivity index (χ1v) is 18.2. The molecule has 1 atom stereocenters. The number of pyridine rings is 1. The standard InChI is InChI=1S/C29H32F2IN4O2P.C2H6/c1-17-10-24-26(35(2)29(17)37)12-20(18-5-8-38-9-6-18)13-27(24)36-7-3-4-19-11-22(21(15-33)16-34-39-32)23(28(30)31)14-25(19)36;1-2/h10-16,18,28,39H,3-9,33H2,1-2H3;1-2H3/b21-15+,34-16+;. The zero-order chi connectivity index (χ0) is 29.7. The van der Waals surface area contributed by atoms with Gasteiger partial charge in [0.2, 0.25) is 0 Å². The van der Waals surface area contributed by atoms with E-state index in [0.29, 0.717) is 42.4 Å². The van der Waals surface area contributed by atoms with Crippen molar-refractivity contribution in [3.05, 3.63) is 74.7 Å². The largest absolute Gasteiger partial charge is 0.404 e. The number of fused-ring (bicyclic) bond motifs is 2. The molecule has 3 aromatic rings. The number of hydrogen-bond donors (Lipinski definition) is 1. The molecule has 1 saturated heterocycles. The summed E-state index contributed by atoms with van der Waals surface area (Å²) in [5, 5.41) is 0.943. The number of nitrogens with two attached hydrogens (primary N) is 1. The number of halogens is 3. The van der Waals surface area contributed by atoms with E-state index in [4.69, 9.17) is 10.5 Å². The zero-order valence-electron chi connectivity index (χ0n) is 24.0. The van der Waals surface area contributed by atoms with Crippen LogP contribution in [0.1, 0.15) is 73.3 Å². The molecule has 0 aliphatic carbocycles. The molecule has 2 N–H and O–H groups in total. The predicted molar refractivity (Wildman–Crippen MR) is 178 cm³/mol. The van der Waals surface area contributed by atoms with Crippen LogP contribution in [0.4, 0.5) is 20.2 Å². The van der Waals surface area contributed by atoms with Crippen molar-refractivity contribution < 1.29 is 13.5 Å². The summed E-state index contributed by atoms with van der Waals surface area (Å²) in [5.74, 6) is 0.316. The van der Waals surface area contributed by atoms with Gasteiger partial charge in [-0.1, -0.05) is 13.8 Å². The quantitative estimate of drug-likeness (QED) is 0.161. The third-order valence-corrected chi connectivity index (χ3v) is 8.92. The molecule has 0 saturated carbocycles. The molecule has 0 radical (unpaired) electrons. The summed E-state index contributed by atoms with van der Waals surface area (Å²) in [4.78, 5) is 15.1. The van der Waals surface area contributed by atoms with Crippen LogP contribution in [0.25, 0.3) is 16.5 Å². The first-order chi connectivity index (χ1) is 19.8. The summed E-state index contributed by atoms with van der Waals surface area (Å²) in [6, 6.07) is 9.75. The second-order valence-electron chi connectivity index (χ2n) is 10.1. The molecule has 0 amide bonds. The lowest BCUT2D eigenvalue weighted by Crippen LogP contribution is -2.27. The van der Waals surface area contributed by atoms with Gasteiger partial charge < -0.3 is 19.9 Å². The van der Waals surface area contributed by atoms with E-state index in [0.717, 1.165) is 59.1 Å². The molecule has 5 rings (SSSR count). The van der Waals surface area contributed by atoms with Crippen LogP contribution in [0.2, 0.25) is 0 Å². The fraction of sp³-hybridized carbons (Fsp3) is 0.419. The van der Waals surface area contributed by atoms with Gasteiger partial charge in [-0.05, 0) is 108 Å². The van der Waals surface area contributed by atoms with Gasteiger partial charge in [0, 0.05) is 67.0 Å². The Kier molecular flexibility index (Phi) is 10.9. The summed E-state index contributed by atoms with van der Waals surface area (Å²) < 4.78 is 40.5. The summed E-state index contributed by atoms with van der Waals surface area (Å²) in [6.45, 7) is 7.93. The summed E-state index contributed by atoms with van der Waals surface area (Å²) >= 11 is 2.13. The zero-order valence-corrected chi connectivity index (χ0v) is 27.2. The second-order valence-corrected chi connectivity index (χ2v) is 12.0. The van der Waals surface area contributed by atoms with Crippen molar-refractivity contribution in [2.24, 2.45) is 17.5 Å². The van der Waals surface area contributed by atoms with Gasteiger partial charge >= 0.3 is 0 Å². The lowest BCUT2D eigenvalue weighted by molar-refractivity contribution is 0.0853. The van der Waals surface area contributed by atoms with Gasteiger partial charge in [0.1, 0.15) is 0 Å². The van der Waals surface area contributed by atoms with E-state index in [2.05, 4.69) is 43.8 Å². The maximum Gasteiger partial charge on any atom is 0.264 e. The summed E-state index contributed by atoms with van der Waals surface area (Å²) in [6.07, 6.45) is 4.00. The van der Waals surface area contributed by atoms with Crippen LogP contribution in [0.15, 0.2) is 46.1 Å². The number of benzene rings is 2. The monoisotopic (exact) mass is 694 g/mol. The van der Waals surface area contributed by atoms with E-state index < -0.39 is 6.43 Å². The normalized spacial score (nSPS) is 16.6. The Hall–Kier alpha value is -2.36. The predicted octanol–water partition coefficient (Wildman–Crippen LogP) is 8.10. The number of anilines is 2. The Morgan fingerprint density at radius 3 is 2.56 bits per heavy atom. The fourth-order valence-corrected chi connectivity index (χ4v) is 6.44. The van der Waals surface area contributed by atoms with Crippen molar-refractivity contribution in [2.45, 2.75) is 58.8 Å². The van der Waals surface area contributed by atoms with Gasteiger partial charge in [-0.25, -0.2) is 8.78 Å². The minimum atomic E-state index is -2.67. The van der Waals surface area contributed by atoms with Crippen LogP contribution in [-0.4, -0.2) is 30.5 Å².